The van der Waals surface area contributed by atoms with Crippen LogP contribution in [0, 0.1) is 6.92 Å². The fourth-order valence-electron chi connectivity index (χ4n) is 3.64. The number of tetrazole rings is 1. The Morgan fingerprint density at radius 2 is 1.87 bits per heavy atom. The van der Waals surface area contributed by atoms with Crippen LogP contribution in [0.5, 0.6) is 5.75 Å². The van der Waals surface area contributed by atoms with Gasteiger partial charge < -0.3 is 9.64 Å². The Labute approximate surface area is 180 Å². The molecule has 1 fully saturated rings. The van der Waals surface area contributed by atoms with E-state index in [0.717, 1.165) is 42.7 Å². The number of thioether (sulfide) groups is 1. The molecule has 0 N–H and O–H groups in total. The molecule has 156 valence electrons. The fourth-order valence-corrected chi connectivity index (χ4v) is 4.72. The average molecular weight is 424 g/mol. The normalized spacial score (nSPS) is 15.1. The number of rotatable bonds is 6. The van der Waals surface area contributed by atoms with Gasteiger partial charge in [-0.15, -0.1) is 5.10 Å². The van der Waals surface area contributed by atoms with E-state index in [4.69, 9.17) is 4.74 Å². The Hall–Kier alpha value is -2.87. The highest BCUT2D eigenvalue weighted by molar-refractivity contribution is 8.00. The summed E-state index contributed by atoms with van der Waals surface area (Å²) in [4.78, 5) is 15.4. The molecule has 3 aromatic rings. The van der Waals surface area contributed by atoms with Crippen LogP contribution in [0.2, 0.25) is 0 Å². The molecule has 30 heavy (non-hydrogen) atoms. The molecule has 1 atom stereocenters. The number of amides is 1. The molecule has 1 aromatic heterocycles. The second-order valence-electron chi connectivity index (χ2n) is 7.34. The molecular formula is C22H25N5O2S. The number of piperidine rings is 1. The van der Waals surface area contributed by atoms with E-state index in [0.29, 0.717) is 10.9 Å². The summed E-state index contributed by atoms with van der Waals surface area (Å²) >= 11 is 1.38. The molecule has 1 aliphatic heterocycles. The zero-order chi connectivity index (χ0) is 20.9. The van der Waals surface area contributed by atoms with Crippen LogP contribution in [0.3, 0.4) is 0 Å². The molecule has 1 aliphatic rings. The van der Waals surface area contributed by atoms with Crippen molar-refractivity contribution >= 4 is 17.7 Å². The van der Waals surface area contributed by atoms with E-state index in [-0.39, 0.29) is 5.91 Å². The van der Waals surface area contributed by atoms with E-state index >= 15 is 0 Å². The van der Waals surface area contributed by atoms with Gasteiger partial charge in [0, 0.05) is 13.1 Å². The van der Waals surface area contributed by atoms with Gasteiger partial charge >= 0.3 is 0 Å². The number of methoxy groups -OCH3 is 1. The molecule has 7 nitrogen and oxygen atoms in total. The van der Waals surface area contributed by atoms with Crippen molar-refractivity contribution in [2.24, 2.45) is 0 Å². The van der Waals surface area contributed by atoms with Crippen molar-refractivity contribution in [2.75, 3.05) is 20.2 Å². The van der Waals surface area contributed by atoms with Crippen LogP contribution in [0.1, 0.15) is 35.6 Å². The van der Waals surface area contributed by atoms with E-state index < -0.39 is 5.25 Å². The van der Waals surface area contributed by atoms with Gasteiger partial charge in [-0.2, -0.15) is 4.68 Å². The molecule has 2 heterocycles. The third-order valence-electron chi connectivity index (χ3n) is 5.22. The second kappa shape index (κ2) is 9.30. The summed E-state index contributed by atoms with van der Waals surface area (Å²) in [6.07, 6.45) is 3.28. The Morgan fingerprint density at radius 3 is 2.60 bits per heavy atom. The van der Waals surface area contributed by atoms with Gasteiger partial charge in [-0.3, -0.25) is 4.79 Å². The SMILES string of the molecule is COc1ccc(C)cc1-n1nnnc1S[C@H](C(=O)N1CCCCC1)c1ccccc1. The molecule has 0 saturated carbocycles. The summed E-state index contributed by atoms with van der Waals surface area (Å²) < 4.78 is 7.16. The van der Waals surface area contributed by atoms with Gasteiger partial charge in [0.1, 0.15) is 16.7 Å². The van der Waals surface area contributed by atoms with Gasteiger partial charge in [0.15, 0.2) is 0 Å². The lowest BCUT2D eigenvalue weighted by Gasteiger charge is -2.30. The number of likely N-dealkylation sites (tertiary alicyclic amines) is 1. The highest BCUT2D eigenvalue weighted by Gasteiger charge is 2.30. The summed E-state index contributed by atoms with van der Waals surface area (Å²) in [7, 11) is 1.62. The predicted octanol–water partition coefficient (Wildman–Crippen LogP) is 3.83. The van der Waals surface area contributed by atoms with Crippen molar-refractivity contribution in [3.05, 3.63) is 59.7 Å². The third-order valence-corrected chi connectivity index (χ3v) is 6.40. The minimum Gasteiger partial charge on any atom is -0.494 e. The average Bonchev–Trinajstić information content (AvgIpc) is 3.26. The summed E-state index contributed by atoms with van der Waals surface area (Å²) in [6.45, 7) is 3.62. The van der Waals surface area contributed by atoms with E-state index in [9.17, 15) is 4.79 Å². The maximum atomic E-state index is 13.5. The molecular weight excluding hydrogens is 398 g/mol. The van der Waals surface area contributed by atoms with Crippen LogP contribution < -0.4 is 4.74 Å². The Kier molecular flexibility index (Phi) is 6.32. The number of aromatic nitrogens is 4. The summed E-state index contributed by atoms with van der Waals surface area (Å²) in [5, 5.41) is 12.4. The first-order valence-corrected chi connectivity index (χ1v) is 11.0. The van der Waals surface area contributed by atoms with Crippen LogP contribution in [-0.4, -0.2) is 51.2 Å². The summed E-state index contributed by atoms with van der Waals surface area (Å²) in [6, 6.07) is 15.7. The first kappa shape index (κ1) is 20.4. The van der Waals surface area contributed by atoms with E-state index in [1.807, 2.05) is 60.4 Å². The molecule has 0 aliphatic carbocycles. The number of aryl methyl sites for hydroxylation is 1. The molecule has 4 rings (SSSR count). The van der Waals surface area contributed by atoms with Crippen LogP contribution in [0.25, 0.3) is 5.69 Å². The zero-order valence-corrected chi connectivity index (χ0v) is 18.0. The highest BCUT2D eigenvalue weighted by Crippen LogP contribution is 2.38. The third kappa shape index (κ3) is 4.33. The van der Waals surface area contributed by atoms with Crippen LogP contribution in [0.4, 0.5) is 0 Å². The van der Waals surface area contributed by atoms with Crippen LogP contribution in [-0.2, 0) is 4.79 Å². The number of carbonyl (C=O) groups excluding carboxylic acids is 1. The number of nitrogens with zero attached hydrogens (tertiary/aromatic N) is 5. The summed E-state index contributed by atoms with van der Waals surface area (Å²) in [5.74, 6) is 0.782. The number of hydrogen-bond acceptors (Lipinski definition) is 6. The van der Waals surface area contributed by atoms with E-state index in [2.05, 4.69) is 15.5 Å². The van der Waals surface area contributed by atoms with Gasteiger partial charge in [0.2, 0.25) is 11.1 Å². The van der Waals surface area contributed by atoms with E-state index in [1.165, 1.54) is 18.2 Å². The molecule has 0 spiro atoms. The van der Waals surface area contributed by atoms with Crippen molar-refractivity contribution in [3.63, 3.8) is 0 Å². The number of ether oxygens (including phenoxy) is 1. The molecule has 8 heteroatoms. The Balaban J connectivity index is 1.69. The minimum absolute atomic E-state index is 0.108. The molecule has 2 aromatic carbocycles. The predicted molar refractivity (Wildman–Crippen MR) is 116 cm³/mol. The maximum absolute atomic E-state index is 13.5. The van der Waals surface area contributed by atoms with Crippen LogP contribution in [0.15, 0.2) is 53.7 Å². The topological polar surface area (TPSA) is 73.1 Å². The van der Waals surface area contributed by atoms with Gasteiger partial charge in [-0.1, -0.05) is 48.2 Å². The number of hydrogen-bond donors (Lipinski definition) is 0. The molecule has 1 amide bonds. The maximum Gasteiger partial charge on any atom is 0.240 e. The quantitative estimate of drug-likeness (QED) is 0.561. The van der Waals surface area contributed by atoms with Crippen molar-refractivity contribution in [3.8, 4) is 11.4 Å². The smallest absolute Gasteiger partial charge is 0.240 e. The first-order valence-electron chi connectivity index (χ1n) is 10.1. The van der Waals surface area contributed by atoms with Gasteiger partial charge in [0.25, 0.3) is 0 Å². The Bertz CT molecular complexity index is 1000. The van der Waals surface area contributed by atoms with Crippen molar-refractivity contribution in [1.82, 2.24) is 25.1 Å². The lowest BCUT2D eigenvalue weighted by atomic mass is 10.1. The van der Waals surface area contributed by atoms with Crippen molar-refractivity contribution in [1.29, 1.82) is 0 Å². The Morgan fingerprint density at radius 1 is 1.10 bits per heavy atom. The van der Waals surface area contributed by atoms with Gasteiger partial charge in [-0.25, -0.2) is 0 Å². The first-order chi connectivity index (χ1) is 14.7. The summed E-state index contributed by atoms with van der Waals surface area (Å²) in [5.41, 5.74) is 2.77. The highest BCUT2D eigenvalue weighted by atomic mass is 32.2. The number of carbonyl (C=O) groups is 1. The monoisotopic (exact) mass is 423 g/mol. The van der Waals surface area contributed by atoms with Gasteiger partial charge in [-0.05, 0) is 59.9 Å². The molecule has 0 radical (unpaired) electrons. The van der Waals surface area contributed by atoms with Crippen LogP contribution >= 0.6 is 11.8 Å². The number of benzene rings is 2. The van der Waals surface area contributed by atoms with Crippen molar-refractivity contribution in [2.45, 2.75) is 36.6 Å². The molecule has 0 unspecified atom stereocenters. The molecule has 0 bridgehead atoms. The minimum atomic E-state index is -0.412. The second-order valence-corrected chi connectivity index (χ2v) is 8.42. The van der Waals surface area contributed by atoms with Gasteiger partial charge in [0.05, 0.1) is 7.11 Å². The zero-order valence-electron chi connectivity index (χ0n) is 17.2. The van der Waals surface area contributed by atoms with Crippen molar-refractivity contribution < 1.29 is 9.53 Å². The fraction of sp³-hybridized carbons (Fsp3) is 0.364. The lowest BCUT2D eigenvalue weighted by molar-refractivity contribution is -0.131. The molecule has 1 saturated heterocycles. The lowest BCUT2D eigenvalue weighted by Crippen LogP contribution is -2.38. The van der Waals surface area contributed by atoms with E-state index in [1.54, 1.807) is 11.8 Å². The largest absolute Gasteiger partial charge is 0.494 e. The standard InChI is InChI=1S/C22H25N5O2S/c1-16-11-12-19(29-2)18(15-16)27-22(23-24-25-27)30-20(17-9-5-3-6-10-17)21(28)26-13-7-4-8-14-26/h3,5-6,9-12,15,20H,4,7-8,13-14H2,1-2H3/t20-/m0/s1.